The Bertz CT molecular complexity index is 744. The number of aromatic nitrogens is 3. The Kier molecular flexibility index (Phi) is 5.71. The zero-order chi connectivity index (χ0) is 17.6. The normalized spacial score (nSPS) is 13.0. The molecule has 25 heavy (non-hydrogen) atoms. The molecule has 0 amide bonds. The first-order chi connectivity index (χ1) is 12.2. The number of hydrogen-bond donors (Lipinski definition) is 2. The summed E-state index contributed by atoms with van der Waals surface area (Å²) in [5.41, 5.74) is 9.82. The molecule has 0 unspecified atom stereocenters. The number of pyridine rings is 1. The number of hydrogen-bond acceptors (Lipinski definition) is 6. The van der Waals surface area contributed by atoms with Gasteiger partial charge in [0.25, 0.3) is 0 Å². The molecule has 1 aliphatic heterocycles. The molecule has 132 valence electrons. The summed E-state index contributed by atoms with van der Waals surface area (Å²) in [5.74, 6) is 1.61. The van der Waals surface area contributed by atoms with Crippen LogP contribution in [0.1, 0.15) is 42.3 Å². The van der Waals surface area contributed by atoms with Crippen molar-refractivity contribution < 1.29 is 0 Å². The van der Waals surface area contributed by atoms with E-state index < -0.39 is 0 Å². The molecule has 3 rings (SSSR count). The van der Waals surface area contributed by atoms with Crippen molar-refractivity contribution in [2.75, 3.05) is 17.6 Å². The Morgan fingerprint density at radius 1 is 1.32 bits per heavy atom. The van der Waals surface area contributed by atoms with Crippen LogP contribution in [-0.2, 0) is 19.0 Å². The Morgan fingerprint density at radius 2 is 2.20 bits per heavy atom. The summed E-state index contributed by atoms with van der Waals surface area (Å²) < 4.78 is 0. The molecule has 0 fully saturated rings. The lowest BCUT2D eigenvalue weighted by atomic mass is 10.1. The second-order valence-corrected chi connectivity index (χ2v) is 6.35. The van der Waals surface area contributed by atoms with Crippen LogP contribution < -0.4 is 11.1 Å². The van der Waals surface area contributed by atoms with Crippen molar-refractivity contribution >= 4 is 29.4 Å². The average Bonchev–Trinajstić information content (AvgIpc) is 2.63. The molecule has 0 spiro atoms. The molecule has 0 aliphatic carbocycles. The lowest BCUT2D eigenvalue weighted by Gasteiger charge is -2.26. The van der Waals surface area contributed by atoms with Crippen molar-refractivity contribution in [2.45, 2.75) is 38.7 Å². The molecular weight excluding hydrogens is 336 g/mol. The van der Waals surface area contributed by atoms with Crippen molar-refractivity contribution in [2.24, 2.45) is 0 Å². The van der Waals surface area contributed by atoms with E-state index in [0.29, 0.717) is 11.8 Å². The highest BCUT2D eigenvalue weighted by atomic mass is 35.5. The van der Waals surface area contributed by atoms with E-state index in [9.17, 15) is 0 Å². The summed E-state index contributed by atoms with van der Waals surface area (Å²) in [6.45, 7) is 4.49. The maximum absolute atomic E-state index is 5.84. The Morgan fingerprint density at radius 3 is 2.92 bits per heavy atom. The van der Waals surface area contributed by atoms with Gasteiger partial charge in [-0.05, 0) is 24.1 Å². The Hall–Kier alpha value is -2.34. The fourth-order valence-electron chi connectivity index (χ4n) is 2.72. The predicted octanol–water partition coefficient (Wildman–Crippen LogP) is 3.39. The molecule has 0 bridgehead atoms. The summed E-state index contributed by atoms with van der Waals surface area (Å²) in [7, 11) is 0. The molecule has 0 saturated heterocycles. The van der Waals surface area contributed by atoms with Crippen LogP contribution in [0.3, 0.4) is 0 Å². The highest BCUT2D eigenvalue weighted by molar-refractivity contribution is 6.17. The number of nitrogens with two attached hydrogens (primary N) is 1. The number of halogens is 1. The quantitative estimate of drug-likeness (QED) is 0.583. The van der Waals surface area contributed by atoms with Gasteiger partial charge in [-0.25, -0.2) is 4.98 Å². The molecule has 1 aliphatic rings. The lowest BCUT2D eigenvalue weighted by molar-refractivity contribution is 0.354. The summed E-state index contributed by atoms with van der Waals surface area (Å²) >= 11 is 5.82. The van der Waals surface area contributed by atoms with Crippen molar-refractivity contribution in [1.29, 1.82) is 0 Å². The van der Waals surface area contributed by atoms with Gasteiger partial charge in [0.1, 0.15) is 5.82 Å². The predicted molar refractivity (Wildman–Crippen MR) is 102 cm³/mol. The molecule has 2 aromatic rings. The number of nitrogen functional groups attached to an aromatic ring is 1. The molecular formula is C18H23ClN6. The van der Waals surface area contributed by atoms with Crippen molar-refractivity contribution in [3.63, 3.8) is 0 Å². The van der Waals surface area contributed by atoms with Crippen molar-refractivity contribution in [3.8, 4) is 0 Å². The van der Waals surface area contributed by atoms with Gasteiger partial charge in [0.05, 0.1) is 17.9 Å². The van der Waals surface area contributed by atoms with E-state index in [1.807, 2.05) is 30.6 Å². The zero-order valence-electron chi connectivity index (χ0n) is 14.4. The number of rotatable bonds is 7. The average molecular weight is 359 g/mol. The monoisotopic (exact) mass is 358 g/mol. The SMILES string of the molecule is CCCCNc1nc(N)nc2c1CN(Cc1ccc(CCl)cn1)C=C2. The first-order valence-electron chi connectivity index (χ1n) is 8.52. The van der Waals surface area contributed by atoms with Crippen LogP contribution >= 0.6 is 11.6 Å². The first kappa shape index (κ1) is 17.5. The smallest absolute Gasteiger partial charge is 0.222 e. The van der Waals surface area contributed by atoms with Gasteiger partial charge in [0.15, 0.2) is 0 Å². The van der Waals surface area contributed by atoms with Gasteiger partial charge in [-0.3, -0.25) is 4.98 Å². The number of alkyl halides is 1. The van der Waals surface area contributed by atoms with Gasteiger partial charge in [0, 0.05) is 36.9 Å². The maximum Gasteiger partial charge on any atom is 0.222 e. The van der Waals surface area contributed by atoms with Crippen molar-refractivity contribution in [3.05, 3.63) is 47.0 Å². The molecule has 6 nitrogen and oxygen atoms in total. The van der Waals surface area contributed by atoms with Crippen LogP contribution in [0.15, 0.2) is 24.5 Å². The minimum atomic E-state index is 0.300. The number of fused-ring (bicyclic) bond motifs is 1. The summed E-state index contributed by atoms with van der Waals surface area (Å²) in [6.07, 6.45) is 8.06. The van der Waals surface area contributed by atoms with Crippen LogP contribution in [0.25, 0.3) is 6.08 Å². The van der Waals surface area contributed by atoms with E-state index in [2.05, 4.69) is 32.1 Å². The molecule has 3 heterocycles. The van der Waals surface area contributed by atoms with E-state index >= 15 is 0 Å². The van der Waals surface area contributed by atoms with Gasteiger partial charge in [0.2, 0.25) is 5.95 Å². The molecule has 0 saturated carbocycles. The number of nitrogens with one attached hydrogen (secondary N) is 1. The third kappa shape index (κ3) is 4.39. The minimum absolute atomic E-state index is 0.300. The van der Waals surface area contributed by atoms with Crippen LogP contribution in [0.4, 0.5) is 11.8 Å². The summed E-state index contributed by atoms with van der Waals surface area (Å²) in [5, 5.41) is 3.39. The van der Waals surface area contributed by atoms with E-state index in [4.69, 9.17) is 17.3 Å². The lowest BCUT2D eigenvalue weighted by Crippen LogP contribution is -2.23. The van der Waals surface area contributed by atoms with Gasteiger partial charge in [-0.15, -0.1) is 11.6 Å². The summed E-state index contributed by atoms with van der Waals surface area (Å²) in [4.78, 5) is 15.4. The third-order valence-corrected chi connectivity index (χ3v) is 4.40. The van der Waals surface area contributed by atoms with E-state index in [1.165, 1.54) is 0 Å². The highest BCUT2D eigenvalue weighted by Gasteiger charge is 2.18. The zero-order valence-corrected chi connectivity index (χ0v) is 15.1. The second kappa shape index (κ2) is 8.16. The van der Waals surface area contributed by atoms with Crippen LogP contribution in [0, 0.1) is 0 Å². The Labute approximate surface area is 153 Å². The molecule has 2 aromatic heterocycles. The maximum atomic E-state index is 5.84. The molecule has 0 atom stereocenters. The molecule has 7 heteroatoms. The van der Waals surface area contributed by atoms with E-state index in [1.54, 1.807) is 0 Å². The van der Waals surface area contributed by atoms with Crippen molar-refractivity contribution in [1.82, 2.24) is 19.9 Å². The molecule has 3 N–H and O–H groups in total. The fraction of sp³-hybridized carbons (Fsp3) is 0.389. The topological polar surface area (TPSA) is 80.0 Å². The number of unbranched alkanes of at least 4 members (excludes halogenated alkanes) is 1. The molecule has 0 aromatic carbocycles. The summed E-state index contributed by atoms with van der Waals surface area (Å²) in [6, 6.07) is 4.03. The highest BCUT2D eigenvalue weighted by Crippen LogP contribution is 2.26. The van der Waals surface area contributed by atoms with Gasteiger partial charge < -0.3 is 16.0 Å². The van der Waals surface area contributed by atoms with Crippen LogP contribution in [-0.4, -0.2) is 26.4 Å². The van der Waals surface area contributed by atoms with Crippen LogP contribution in [0.2, 0.25) is 0 Å². The first-order valence-corrected chi connectivity index (χ1v) is 9.05. The second-order valence-electron chi connectivity index (χ2n) is 6.09. The third-order valence-electron chi connectivity index (χ3n) is 4.09. The number of anilines is 2. The number of nitrogens with zero attached hydrogens (tertiary/aromatic N) is 4. The van der Waals surface area contributed by atoms with Gasteiger partial charge >= 0.3 is 0 Å². The standard InChI is InChI=1S/C18H23ClN6/c1-2-3-7-21-17-15-12-25(8-6-16(15)23-18(20)24-17)11-14-5-4-13(9-19)10-22-14/h4-6,8,10H,2-3,7,9,11-12H2,1H3,(H3,20,21,23,24). The minimum Gasteiger partial charge on any atom is -0.370 e. The molecule has 0 radical (unpaired) electrons. The largest absolute Gasteiger partial charge is 0.370 e. The van der Waals surface area contributed by atoms with E-state index in [0.717, 1.165) is 60.8 Å². The van der Waals surface area contributed by atoms with Gasteiger partial charge in [-0.1, -0.05) is 19.4 Å². The van der Waals surface area contributed by atoms with Crippen LogP contribution in [0.5, 0.6) is 0 Å². The fourth-order valence-corrected chi connectivity index (χ4v) is 2.88. The Balaban J connectivity index is 1.75. The van der Waals surface area contributed by atoms with E-state index in [-0.39, 0.29) is 0 Å². The van der Waals surface area contributed by atoms with Gasteiger partial charge in [-0.2, -0.15) is 4.98 Å².